The van der Waals surface area contributed by atoms with Crippen LogP contribution in [0.2, 0.25) is 0 Å². The summed E-state index contributed by atoms with van der Waals surface area (Å²) in [6, 6.07) is 5.69. The van der Waals surface area contributed by atoms with Gasteiger partial charge >= 0.3 is 6.09 Å². The van der Waals surface area contributed by atoms with E-state index in [2.05, 4.69) is 29.8 Å². The first-order valence-electron chi connectivity index (χ1n) is 18.3. The highest BCUT2D eigenvalue weighted by atomic mass is 32.2. The minimum absolute atomic E-state index is 0. The number of benzene rings is 1. The summed E-state index contributed by atoms with van der Waals surface area (Å²) < 4.78 is 28.4. The van der Waals surface area contributed by atoms with Gasteiger partial charge in [-0.25, -0.2) is 13.2 Å². The Hall–Kier alpha value is -4.01. The number of carbonyl (C=O) groups excluding carboxylic acids is 6. The Kier molecular flexibility index (Phi) is 20.8. The van der Waals surface area contributed by atoms with Crippen molar-refractivity contribution < 1.29 is 46.2 Å². The molecule has 1 aromatic carbocycles. The second-order valence-corrected chi connectivity index (χ2v) is 16.1. The second-order valence-electron chi connectivity index (χ2n) is 13.9. The van der Waals surface area contributed by atoms with Crippen molar-refractivity contribution in [3.63, 3.8) is 0 Å². The van der Waals surface area contributed by atoms with Gasteiger partial charge in [0.1, 0.15) is 22.5 Å². The molecule has 0 bridgehead atoms. The van der Waals surface area contributed by atoms with E-state index in [1.807, 2.05) is 27.7 Å². The van der Waals surface area contributed by atoms with Crippen LogP contribution in [-0.2, 0) is 45.2 Å². The molecular weight excluding hydrogens is 691 g/mol. The van der Waals surface area contributed by atoms with E-state index in [1.54, 1.807) is 24.3 Å². The molecular formula is C37H67N5O9S. The predicted octanol–water partition coefficient (Wildman–Crippen LogP) is 5.02. The van der Waals surface area contributed by atoms with Crippen LogP contribution in [-0.4, -0.2) is 98.1 Å². The zero-order valence-electron chi connectivity index (χ0n) is 32.3. The number of ether oxygens (including phenoxy) is 1. The number of nitrogens with zero attached hydrogens (tertiary/aromatic N) is 2. The summed E-state index contributed by atoms with van der Waals surface area (Å²) in [5.41, 5.74) is 1.11. The van der Waals surface area contributed by atoms with Gasteiger partial charge < -0.3 is 25.6 Å². The first-order chi connectivity index (χ1) is 24.4. The SMILES string of the molecule is CCC.CCC(C)C1CC(=O)N(CCCCCC(=O)NCC(=O)N[C@@H](C)C(=O)Nc2ccc(COC(=O)N(CCS(C)(=O)=O)CC(C)C)cc2)C1=O.[HH].[HH].[HH]. The molecule has 0 radical (unpaired) electrons. The molecule has 2 unspecified atom stereocenters. The Morgan fingerprint density at radius 2 is 1.62 bits per heavy atom. The van der Waals surface area contributed by atoms with Gasteiger partial charge in [0.25, 0.3) is 0 Å². The fourth-order valence-corrected chi connectivity index (χ4v) is 5.73. The lowest BCUT2D eigenvalue weighted by Gasteiger charge is -2.23. The number of sulfone groups is 1. The lowest BCUT2D eigenvalue weighted by atomic mass is 9.90. The van der Waals surface area contributed by atoms with E-state index in [1.165, 1.54) is 23.1 Å². The van der Waals surface area contributed by atoms with Gasteiger partial charge in [0, 0.05) is 54.6 Å². The molecule has 1 saturated heterocycles. The molecule has 6 amide bonds. The maximum absolute atomic E-state index is 12.6. The summed E-state index contributed by atoms with van der Waals surface area (Å²) in [5, 5.41) is 7.77. The largest absolute Gasteiger partial charge is 0.445 e. The van der Waals surface area contributed by atoms with Gasteiger partial charge in [0.2, 0.25) is 29.5 Å². The van der Waals surface area contributed by atoms with Crippen LogP contribution in [0.15, 0.2) is 24.3 Å². The van der Waals surface area contributed by atoms with E-state index in [9.17, 15) is 37.2 Å². The maximum atomic E-state index is 12.6. The van der Waals surface area contributed by atoms with Gasteiger partial charge in [-0.2, -0.15) is 0 Å². The molecule has 3 atom stereocenters. The number of hydrogen-bond acceptors (Lipinski definition) is 9. The van der Waals surface area contributed by atoms with Gasteiger partial charge in [-0.1, -0.05) is 72.9 Å². The Morgan fingerprint density at radius 3 is 2.19 bits per heavy atom. The summed E-state index contributed by atoms with van der Waals surface area (Å²) >= 11 is 0. The van der Waals surface area contributed by atoms with Gasteiger partial charge in [0.15, 0.2) is 0 Å². The normalized spacial score (nSPS) is 15.3. The number of anilines is 1. The quantitative estimate of drug-likeness (QED) is 0.121. The standard InChI is InChI=1S/C34H53N5O9S.C3H8.3H2/c1-7-24(4)28-19-31(42)39(33(28)44)16-10-8-9-11-29(40)35-20-30(41)36-25(5)32(43)37-27-14-12-26(13-15-27)22-48-34(45)38(21-23(2)3)17-18-49(6,46)47;1-3-2;;;/h12-15,23-25,28H,7-11,16-22H2,1-6H3,(H,35,40)(H,36,41)(H,37,43);3H2,1-2H3;3*1H/t24?,25-,28?;;;;/m0..../s1. The van der Waals surface area contributed by atoms with E-state index < -0.39 is 33.8 Å². The van der Waals surface area contributed by atoms with Crippen LogP contribution in [0.25, 0.3) is 0 Å². The second kappa shape index (κ2) is 23.5. The molecule has 2 rings (SSSR count). The van der Waals surface area contributed by atoms with Crippen LogP contribution < -0.4 is 16.0 Å². The van der Waals surface area contributed by atoms with Crippen LogP contribution in [0, 0.1) is 17.8 Å². The Morgan fingerprint density at radius 1 is 0.981 bits per heavy atom. The molecule has 1 aliphatic heterocycles. The number of amides is 6. The summed E-state index contributed by atoms with van der Waals surface area (Å²) in [7, 11) is -3.24. The number of imide groups is 1. The Bertz CT molecular complexity index is 1450. The van der Waals surface area contributed by atoms with Gasteiger partial charge in [0.05, 0.1) is 12.3 Å². The topological polar surface area (TPSA) is 188 Å². The number of hydrogen-bond donors (Lipinski definition) is 3. The summed E-state index contributed by atoms with van der Waals surface area (Å²) in [6.45, 7) is 14.0. The zero-order valence-corrected chi connectivity index (χ0v) is 33.1. The lowest BCUT2D eigenvalue weighted by molar-refractivity contribution is -0.140. The van der Waals surface area contributed by atoms with Gasteiger partial charge in [-0.15, -0.1) is 0 Å². The Balaban J connectivity index is -0.00000435. The van der Waals surface area contributed by atoms with Crippen molar-refractivity contribution in [2.75, 3.05) is 43.5 Å². The third-order valence-electron chi connectivity index (χ3n) is 8.27. The highest BCUT2D eigenvalue weighted by molar-refractivity contribution is 7.90. The van der Waals surface area contributed by atoms with E-state index in [-0.39, 0.29) is 78.0 Å². The van der Waals surface area contributed by atoms with E-state index in [0.717, 1.165) is 12.7 Å². The van der Waals surface area contributed by atoms with Crippen LogP contribution in [0.4, 0.5) is 10.5 Å². The van der Waals surface area contributed by atoms with E-state index >= 15 is 0 Å². The molecule has 300 valence electrons. The van der Waals surface area contributed by atoms with Crippen molar-refractivity contribution in [3.8, 4) is 0 Å². The molecule has 52 heavy (non-hydrogen) atoms. The predicted molar refractivity (Wildman–Crippen MR) is 207 cm³/mol. The molecule has 14 nitrogen and oxygen atoms in total. The molecule has 0 aliphatic carbocycles. The number of nitrogens with one attached hydrogen (secondary N) is 3. The molecule has 1 aromatic rings. The first kappa shape index (κ1) is 46.0. The lowest BCUT2D eigenvalue weighted by Crippen LogP contribution is -2.45. The summed E-state index contributed by atoms with van der Waals surface area (Å²) in [4.78, 5) is 77.1. The van der Waals surface area contributed by atoms with Crippen LogP contribution in [0.3, 0.4) is 0 Å². The van der Waals surface area contributed by atoms with Crippen LogP contribution in [0.1, 0.15) is 103 Å². The maximum Gasteiger partial charge on any atom is 0.410 e. The van der Waals surface area contributed by atoms with Crippen molar-refractivity contribution in [2.24, 2.45) is 17.8 Å². The van der Waals surface area contributed by atoms with Crippen LogP contribution >= 0.6 is 0 Å². The van der Waals surface area contributed by atoms with Crippen molar-refractivity contribution >= 4 is 51.2 Å². The number of rotatable bonds is 20. The molecule has 0 spiro atoms. The van der Waals surface area contributed by atoms with E-state index in [4.69, 9.17) is 4.74 Å². The molecule has 0 saturated carbocycles. The van der Waals surface area contributed by atoms with Crippen LogP contribution in [0.5, 0.6) is 0 Å². The number of carbonyl (C=O) groups is 6. The van der Waals surface area contributed by atoms with Gasteiger partial charge in [-0.3, -0.25) is 28.9 Å². The van der Waals surface area contributed by atoms with Crippen molar-refractivity contribution in [1.82, 2.24) is 20.4 Å². The highest BCUT2D eigenvalue weighted by Crippen LogP contribution is 2.28. The van der Waals surface area contributed by atoms with E-state index in [0.29, 0.717) is 43.6 Å². The fraction of sp³-hybridized carbons (Fsp3) is 0.676. The molecule has 0 aromatic heterocycles. The molecule has 1 heterocycles. The van der Waals surface area contributed by atoms with Crippen molar-refractivity contribution in [3.05, 3.63) is 29.8 Å². The molecule has 3 N–H and O–H groups in total. The fourth-order valence-electron chi connectivity index (χ4n) is 5.18. The number of likely N-dealkylation sites (tertiary alicyclic amines) is 1. The minimum Gasteiger partial charge on any atom is -0.445 e. The third-order valence-corrected chi connectivity index (χ3v) is 9.20. The highest BCUT2D eigenvalue weighted by Gasteiger charge is 2.40. The van der Waals surface area contributed by atoms with Crippen molar-refractivity contribution in [2.45, 2.75) is 106 Å². The summed E-state index contributed by atoms with van der Waals surface area (Å²) in [6.07, 6.45) is 4.84. The minimum atomic E-state index is -3.24. The average molecular weight is 758 g/mol. The zero-order chi connectivity index (χ0) is 39.4. The first-order valence-corrected chi connectivity index (χ1v) is 20.4. The molecule has 1 aliphatic rings. The summed E-state index contributed by atoms with van der Waals surface area (Å²) in [5.74, 6) is -1.66. The third kappa shape index (κ3) is 18.0. The molecule has 15 heteroatoms. The van der Waals surface area contributed by atoms with Crippen molar-refractivity contribution in [1.29, 1.82) is 0 Å². The monoisotopic (exact) mass is 757 g/mol. The van der Waals surface area contributed by atoms with Gasteiger partial charge in [-0.05, 0) is 49.3 Å². The number of unbranched alkanes of at least 4 members (excludes halogenated alkanes) is 2. The average Bonchev–Trinajstić information content (AvgIpc) is 3.36. The molecule has 1 fully saturated rings. The Labute approximate surface area is 314 Å². The smallest absolute Gasteiger partial charge is 0.410 e.